The molecule has 2 rings (SSSR count). The van der Waals surface area contributed by atoms with E-state index in [1.165, 1.54) is 0 Å². The molecular formula is C22H36N6O. The van der Waals surface area contributed by atoms with E-state index in [9.17, 15) is 5.11 Å². The standard InChI is InChI=1S/C22H36N6O/c1-6-23-22(25-13-19(9-10-29)11-16(2)3)26-15-20-7-8-21(24-14-20)28-18(5)12-17(4)27-28/h7-8,12,14,16,19,29H,6,9-11,13,15H2,1-5H3,(H2,23,25,26). The van der Waals surface area contributed by atoms with Crippen molar-refractivity contribution in [3.05, 3.63) is 41.3 Å². The largest absolute Gasteiger partial charge is 0.396 e. The van der Waals surface area contributed by atoms with Gasteiger partial charge < -0.3 is 15.7 Å². The number of hydrogen-bond acceptors (Lipinski definition) is 4. The average Bonchev–Trinajstić information content (AvgIpc) is 3.02. The molecule has 0 aliphatic rings. The zero-order valence-corrected chi connectivity index (χ0v) is 18.4. The zero-order valence-electron chi connectivity index (χ0n) is 18.4. The number of nitrogens with zero attached hydrogens (tertiary/aromatic N) is 4. The van der Waals surface area contributed by atoms with Gasteiger partial charge in [-0.25, -0.2) is 14.7 Å². The summed E-state index contributed by atoms with van der Waals surface area (Å²) in [6.45, 7) is 12.9. The Morgan fingerprint density at radius 2 is 2.03 bits per heavy atom. The Morgan fingerprint density at radius 3 is 2.59 bits per heavy atom. The Hall–Kier alpha value is -2.41. The first-order valence-corrected chi connectivity index (χ1v) is 10.5. The minimum absolute atomic E-state index is 0.222. The van der Waals surface area contributed by atoms with Crippen LogP contribution in [-0.4, -0.2) is 45.5 Å². The SMILES string of the molecule is CCNC(=NCc1ccc(-n2nc(C)cc2C)nc1)NCC(CCO)CC(C)C. The van der Waals surface area contributed by atoms with Crippen molar-refractivity contribution in [3.8, 4) is 5.82 Å². The highest BCUT2D eigenvalue weighted by molar-refractivity contribution is 5.79. The van der Waals surface area contributed by atoms with Gasteiger partial charge in [0, 0.05) is 31.6 Å². The highest BCUT2D eigenvalue weighted by Crippen LogP contribution is 2.14. The third-order valence-corrected chi connectivity index (χ3v) is 4.70. The van der Waals surface area contributed by atoms with Crippen LogP contribution in [0.1, 0.15) is 50.6 Å². The van der Waals surface area contributed by atoms with Crippen molar-refractivity contribution in [2.75, 3.05) is 19.7 Å². The molecule has 2 aromatic heterocycles. The summed E-state index contributed by atoms with van der Waals surface area (Å²) in [5.41, 5.74) is 3.09. The molecule has 0 spiro atoms. The number of pyridine rings is 1. The maximum Gasteiger partial charge on any atom is 0.191 e. The molecule has 2 heterocycles. The number of rotatable bonds is 10. The molecule has 0 bridgehead atoms. The predicted molar refractivity (Wildman–Crippen MR) is 118 cm³/mol. The Kier molecular flexibility index (Phi) is 9.12. The van der Waals surface area contributed by atoms with Crippen LogP contribution in [0.4, 0.5) is 0 Å². The second-order valence-electron chi connectivity index (χ2n) is 7.95. The molecule has 2 aromatic rings. The summed E-state index contributed by atoms with van der Waals surface area (Å²) in [4.78, 5) is 9.23. The number of aliphatic imine (C=N–C) groups is 1. The van der Waals surface area contributed by atoms with Crippen molar-refractivity contribution >= 4 is 5.96 Å². The Bertz CT molecular complexity index is 766. The number of hydrogen-bond donors (Lipinski definition) is 3. The van der Waals surface area contributed by atoms with Gasteiger partial charge in [-0.3, -0.25) is 0 Å². The Morgan fingerprint density at radius 1 is 1.24 bits per heavy atom. The number of aliphatic hydroxyl groups excluding tert-OH is 1. The Labute approximate surface area is 174 Å². The lowest BCUT2D eigenvalue weighted by atomic mass is 9.94. The van der Waals surface area contributed by atoms with Gasteiger partial charge in [0.25, 0.3) is 0 Å². The van der Waals surface area contributed by atoms with Gasteiger partial charge in [0.1, 0.15) is 0 Å². The molecule has 0 aliphatic heterocycles. The molecule has 0 aromatic carbocycles. The van der Waals surface area contributed by atoms with Gasteiger partial charge in [0.15, 0.2) is 11.8 Å². The normalized spacial score (nSPS) is 13.0. The molecule has 0 saturated carbocycles. The molecule has 0 saturated heterocycles. The lowest BCUT2D eigenvalue weighted by Crippen LogP contribution is -2.40. The molecule has 0 fully saturated rings. The molecule has 1 unspecified atom stereocenters. The fraction of sp³-hybridized carbons (Fsp3) is 0.591. The van der Waals surface area contributed by atoms with E-state index >= 15 is 0 Å². The highest BCUT2D eigenvalue weighted by Gasteiger charge is 2.11. The van der Waals surface area contributed by atoms with E-state index < -0.39 is 0 Å². The fourth-order valence-electron chi connectivity index (χ4n) is 3.40. The third-order valence-electron chi connectivity index (χ3n) is 4.70. The third kappa shape index (κ3) is 7.49. The van der Waals surface area contributed by atoms with Gasteiger partial charge in [-0.15, -0.1) is 0 Å². The number of aromatic nitrogens is 3. The number of aryl methyl sites for hydroxylation is 2. The van der Waals surface area contributed by atoms with Crippen molar-refractivity contribution in [1.29, 1.82) is 0 Å². The zero-order chi connectivity index (χ0) is 21.2. The van der Waals surface area contributed by atoms with E-state index in [1.807, 2.05) is 42.9 Å². The smallest absolute Gasteiger partial charge is 0.191 e. The molecule has 29 heavy (non-hydrogen) atoms. The minimum Gasteiger partial charge on any atom is -0.396 e. The van der Waals surface area contributed by atoms with E-state index in [1.54, 1.807) is 0 Å². The second-order valence-corrected chi connectivity index (χ2v) is 7.95. The lowest BCUT2D eigenvalue weighted by molar-refractivity contribution is 0.243. The van der Waals surface area contributed by atoms with Crippen LogP contribution in [0.15, 0.2) is 29.4 Å². The van der Waals surface area contributed by atoms with Crippen LogP contribution in [0.5, 0.6) is 0 Å². The summed E-state index contributed by atoms with van der Waals surface area (Å²) in [6.07, 6.45) is 3.75. The first-order chi connectivity index (χ1) is 13.9. The molecular weight excluding hydrogens is 364 g/mol. The van der Waals surface area contributed by atoms with Crippen LogP contribution in [0, 0.1) is 25.7 Å². The Balaban J connectivity index is 1.99. The van der Waals surface area contributed by atoms with Crippen LogP contribution in [0.3, 0.4) is 0 Å². The fourth-order valence-corrected chi connectivity index (χ4v) is 3.40. The van der Waals surface area contributed by atoms with Crippen molar-refractivity contribution in [2.45, 2.75) is 54.0 Å². The van der Waals surface area contributed by atoms with Gasteiger partial charge in [0.2, 0.25) is 0 Å². The topological polar surface area (TPSA) is 87.4 Å². The number of nitrogens with one attached hydrogen (secondary N) is 2. The van der Waals surface area contributed by atoms with Gasteiger partial charge in [0.05, 0.1) is 12.2 Å². The summed E-state index contributed by atoms with van der Waals surface area (Å²) in [6, 6.07) is 6.06. The van der Waals surface area contributed by atoms with E-state index in [4.69, 9.17) is 0 Å². The molecule has 160 valence electrons. The van der Waals surface area contributed by atoms with E-state index in [0.29, 0.717) is 18.4 Å². The van der Waals surface area contributed by atoms with Crippen LogP contribution >= 0.6 is 0 Å². The molecule has 1 atom stereocenters. The summed E-state index contributed by atoms with van der Waals surface area (Å²) in [5.74, 6) is 2.65. The van der Waals surface area contributed by atoms with E-state index in [0.717, 1.165) is 54.7 Å². The maximum atomic E-state index is 9.31. The van der Waals surface area contributed by atoms with Crippen LogP contribution in [0.25, 0.3) is 5.82 Å². The number of guanidine groups is 1. The van der Waals surface area contributed by atoms with Gasteiger partial charge >= 0.3 is 0 Å². The molecule has 0 radical (unpaired) electrons. The average molecular weight is 401 g/mol. The van der Waals surface area contributed by atoms with Gasteiger partial charge in [-0.1, -0.05) is 19.9 Å². The monoisotopic (exact) mass is 400 g/mol. The van der Waals surface area contributed by atoms with Crippen molar-refractivity contribution in [2.24, 2.45) is 16.8 Å². The van der Waals surface area contributed by atoms with E-state index in [-0.39, 0.29) is 6.61 Å². The minimum atomic E-state index is 0.222. The quantitative estimate of drug-likeness (QED) is 0.422. The van der Waals surface area contributed by atoms with Crippen LogP contribution < -0.4 is 10.6 Å². The first-order valence-electron chi connectivity index (χ1n) is 10.5. The van der Waals surface area contributed by atoms with Gasteiger partial charge in [-0.2, -0.15) is 5.10 Å². The van der Waals surface area contributed by atoms with Crippen LogP contribution in [0.2, 0.25) is 0 Å². The maximum absolute atomic E-state index is 9.31. The van der Waals surface area contributed by atoms with Crippen molar-refractivity contribution < 1.29 is 5.11 Å². The highest BCUT2D eigenvalue weighted by atomic mass is 16.3. The summed E-state index contributed by atoms with van der Waals surface area (Å²) in [7, 11) is 0. The summed E-state index contributed by atoms with van der Waals surface area (Å²) >= 11 is 0. The van der Waals surface area contributed by atoms with Gasteiger partial charge in [-0.05, 0) is 63.1 Å². The second kappa shape index (κ2) is 11.6. The molecule has 3 N–H and O–H groups in total. The summed E-state index contributed by atoms with van der Waals surface area (Å²) in [5, 5.41) is 20.5. The molecule has 7 heteroatoms. The summed E-state index contributed by atoms with van der Waals surface area (Å²) < 4.78 is 1.85. The predicted octanol–water partition coefficient (Wildman–Crippen LogP) is 2.98. The molecule has 0 amide bonds. The van der Waals surface area contributed by atoms with Crippen molar-refractivity contribution in [3.63, 3.8) is 0 Å². The van der Waals surface area contributed by atoms with E-state index in [2.05, 4.69) is 46.5 Å². The number of aliphatic hydroxyl groups is 1. The lowest BCUT2D eigenvalue weighted by Gasteiger charge is -2.20. The first kappa shape index (κ1) is 22.9. The molecule has 0 aliphatic carbocycles. The van der Waals surface area contributed by atoms with Crippen LogP contribution in [-0.2, 0) is 6.54 Å². The molecule has 7 nitrogen and oxygen atoms in total. The van der Waals surface area contributed by atoms with Crippen molar-refractivity contribution in [1.82, 2.24) is 25.4 Å².